The van der Waals surface area contributed by atoms with Crippen molar-refractivity contribution < 1.29 is 9.90 Å². The van der Waals surface area contributed by atoms with E-state index in [1.807, 2.05) is 0 Å². The van der Waals surface area contributed by atoms with Crippen LogP contribution in [-0.2, 0) is 6.42 Å². The summed E-state index contributed by atoms with van der Waals surface area (Å²) in [6, 6.07) is 0.0703. The minimum atomic E-state index is -0.285. The van der Waals surface area contributed by atoms with Crippen molar-refractivity contribution in [2.75, 3.05) is 6.54 Å². The number of nitrogens with two attached hydrogens (primary N) is 1. The second-order valence-electron chi connectivity index (χ2n) is 4.66. The number of carbonyl (C=O) groups is 1. The first-order valence-electron chi connectivity index (χ1n) is 6.32. The maximum atomic E-state index is 12.0. The smallest absolute Gasteiger partial charge is 0.270 e. The molecule has 1 heterocycles. The average Bonchev–Trinajstić information content (AvgIpc) is 2.78. The van der Waals surface area contributed by atoms with Crippen molar-refractivity contribution in [1.29, 1.82) is 0 Å². The summed E-state index contributed by atoms with van der Waals surface area (Å²) < 4.78 is 0. The molecule has 0 spiro atoms. The number of hydrogen-bond donors (Lipinski definition) is 3. The van der Waals surface area contributed by atoms with Crippen molar-refractivity contribution in [1.82, 2.24) is 10.3 Å². The fourth-order valence-corrected chi connectivity index (χ4v) is 3.00. The lowest BCUT2D eigenvalue weighted by molar-refractivity contribution is 0.0846. The molecule has 4 N–H and O–H groups in total. The van der Waals surface area contributed by atoms with Crippen LogP contribution in [0.3, 0.4) is 0 Å². The van der Waals surface area contributed by atoms with E-state index in [9.17, 15) is 9.90 Å². The lowest BCUT2D eigenvalue weighted by Gasteiger charge is -2.26. The molecule has 0 aromatic carbocycles. The van der Waals surface area contributed by atoms with Gasteiger partial charge in [0, 0.05) is 17.8 Å². The first-order chi connectivity index (χ1) is 8.69. The molecule has 2 rings (SSSR count). The Morgan fingerprint density at radius 2 is 2.44 bits per heavy atom. The summed E-state index contributed by atoms with van der Waals surface area (Å²) in [6.07, 6.45) is 3.80. The number of aromatic nitrogens is 1. The van der Waals surface area contributed by atoms with Crippen LogP contribution in [0.1, 0.15) is 41.2 Å². The molecule has 2 atom stereocenters. The summed E-state index contributed by atoms with van der Waals surface area (Å²) in [5.41, 5.74) is 5.91. The summed E-state index contributed by atoms with van der Waals surface area (Å²) in [7, 11) is 0. The van der Waals surface area contributed by atoms with Gasteiger partial charge in [-0.15, -0.1) is 11.3 Å². The summed E-state index contributed by atoms with van der Waals surface area (Å²) >= 11 is 1.46. The fraction of sp³-hybridized carbons (Fsp3) is 0.667. The van der Waals surface area contributed by atoms with Crippen LogP contribution in [0.25, 0.3) is 0 Å². The van der Waals surface area contributed by atoms with E-state index < -0.39 is 0 Å². The Kier molecular flexibility index (Phi) is 4.68. The zero-order chi connectivity index (χ0) is 13.0. The summed E-state index contributed by atoms with van der Waals surface area (Å²) in [6.45, 7) is 0.545. The molecule has 0 radical (unpaired) electrons. The SMILES string of the molecule is NCCc1nc(C(=O)NC2CCCC(O)C2)cs1. The minimum absolute atomic E-state index is 0.0703. The zero-order valence-electron chi connectivity index (χ0n) is 10.3. The number of hydrogen-bond acceptors (Lipinski definition) is 5. The number of nitrogens with zero attached hydrogens (tertiary/aromatic N) is 1. The molecule has 1 amide bonds. The highest BCUT2D eigenvalue weighted by atomic mass is 32.1. The third-order valence-corrected chi connectivity index (χ3v) is 4.03. The summed E-state index contributed by atoms with van der Waals surface area (Å²) in [5, 5.41) is 15.2. The molecule has 5 nitrogen and oxygen atoms in total. The number of amides is 1. The van der Waals surface area contributed by atoms with Gasteiger partial charge in [0.15, 0.2) is 0 Å². The van der Waals surface area contributed by atoms with Gasteiger partial charge in [-0.1, -0.05) is 0 Å². The van der Waals surface area contributed by atoms with Gasteiger partial charge in [-0.05, 0) is 32.2 Å². The lowest BCUT2D eigenvalue weighted by Crippen LogP contribution is -2.39. The van der Waals surface area contributed by atoms with E-state index >= 15 is 0 Å². The normalized spacial score (nSPS) is 23.9. The third kappa shape index (κ3) is 3.51. The lowest BCUT2D eigenvalue weighted by atomic mass is 9.93. The van der Waals surface area contributed by atoms with Gasteiger partial charge in [0.2, 0.25) is 0 Å². The highest BCUT2D eigenvalue weighted by molar-refractivity contribution is 7.09. The number of thiazole rings is 1. The Labute approximate surface area is 110 Å². The largest absolute Gasteiger partial charge is 0.393 e. The van der Waals surface area contributed by atoms with E-state index in [-0.39, 0.29) is 18.1 Å². The molecule has 6 heteroatoms. The van der Waals surface area contributed by atoms with Crippen LogP contribution < -0.4 is 11.1 Å². The van der Waals surface area contributed by atoms with Crippen LogP contribution in [0.4, 0.5) is 0 Å². The van der Waals surface area contributed by atoms with Gasteiger partial charge in [0.25, 0.3) is 5.91 Å². The van der Waals surface area contributed by atoms with Crippen LogP contribution in [0.5, 0.6) is 0 Å². The van der Waals surface area contributed by atoms with Crippen LogP contribution >= 0.6 is 11.3 Å². The standard InChI is InChI=1S/C12H19N3O2S/c13-5-4-11-15-10(7-18-11)12(17)14-8-2-1-3-9(16)6-8/h7-9,16H,1-6,13H2,(H,14,17). The maximum absolute atomic E-state index is 12.0. The van der Waals surface area contributed by atoms with Gasteiger partial charge in [-0.25, -0.2) is 4.98 Å². The van der Waals surface area contributed by atoms with Gasteiger partial charge in [-0.3, -0.25) is 4.79 Å². The Bertz CT molecular complexity index is 408. The average molecular weight is 269 g/mol. The molecule has 0 bridgehead atoms. The van der Waals surface area contributed by atoms with Gasteiger partial charge in [-0.2, -0.15) is 0 Å². The van der Waals surface area contributed by atoms with Crippen molar-refractivity contribution in [3.8, 4) is 0 Å². The van der Waals surface area contributed by atoms with Gasteiger partial charge in [0.05, 0.1) is 11.1 Å². The molecule has 2 unspecified atom stereocenters. The maximum Gasteiger partial charge on any atom is 0.270 e. The molecule has 18 heavy (non-hydrogen) atoms. The first kappa shape index (κ1) is 13.5. The van der Waals surface area contributed by atoms with Crippen molar-refractivity contribution in [2.24, 2.45) is 5.73 Å². The summed E-state index contributed by atoms with van der Waals surface area (Å²) in [4.78, 5) is 16.2. The predicted molar refractivity (Wildman–Crippen MR) is 70.6 cm³/mol. The number of rotatable bonds is 4. The number of aliphatic hydroxyl groups excluding tert-OH is 1. The fourth-order valence-electron chi connectivity index (χ4n) is 2.21. The molecule has 0 aliphatic heterocycles. The monoisotopic (exact) mass is 269 g/mol. The molecule has 1 fully saturated rings. The van der Waals surface area contributed by atoms with Crippen LogP contribution in [0.15, 0.2) is 5.38 Å². The van der Waals surface area contributed by atoms with Crippen LogP contribution in [0, 0.1) is 0 Å². The molecule has 1 aliphatic carbocycles. The first-order valence-corrected chi connectivity index (χ1v) is 7.20. The second kappa shape index (κ2) is 6.26. The minimum Gasteiger partial charge on any atom is -0.393 e. The van der Waals surface area contributed by atoms with E-state index in [2.05, 4.69) is 10.3 Å². The Morgan fingerprint density at radius 1 is 1.61 bits per heavy atom. The molecular weight excluding hydrogens is 250 g/mol. The predicted octanol–water partition coefficient (Wildman–Crippen LogP) is 0.678. The topological polar surface area (TPSA) is 88.2 Å². The van der Waals surface area contributed by atoms with Crippen molar-refractivity contribution in [3.63, 3.8) is 0 Å². The Hall–Kier alpha value is -0.980. The number of carbonyl (C=O) groups excluding carboxylic acids is 1. The molecule has 0 saturated heterocycles. The van der Waals surface area contributed by atoms with E-state index in [1.165, 1.54) is 11.3 Å². The van der Waals surface area contributed by atoms with E-state index in [0.717, 1.165) is 24.3 Å². The molecule has 1 aromatic heterocycles. The van der Waals surface area contributed by atoms with Gasteiger partial charge < -0.3 is 16.2 Å². The van der Waals surface area contributed by atoms with Gasteiger partial charge >= 0.3 is 0 Å². The molecule has 100 valence electrons. The van der Waals surface area contributed by atoms with Gasteiger partial charge in [0.1, 0.15) is 5.69 Å². The second-order valence-corrected chi connectivity index (χ2v) is 5.60. The van der Waals surface area contributed by atoms with Crippen molar-refractivity contribution in [3.05, 3.63) is 16.1 Å². The van der Waals surface area contributed by atoms with E-state index in [1.54, 1.807) is 5.38 Å². The highest BCUT2D eigenvalue weighted by Gasteiger charge is 2.22. The highest BCUT2D eigenvalue weighted by Crippen LogP contribution is 2.19. The van der Waals surface area contributed by atoms with Crippen molar-refractivity contribution in [2.45, 2.75) is 44.2 Å². The Balaban J connectivity index is 1.90. The molecular formula is C12H19N3O2S. The summed E-state index contributed by atoms with van der Waals surface area (Å²) in [5.74, 6) is -0.145. The number of nitrogens with one attached hydrogen (secondary N) is 1. The third-order valence-electron chi connectivity index (χ3n) is 3.12. The number of aliphatic hydroxyl groups is 1. The molecule has 1 saturated carbocycles. The van der Waals surface area contributed by atoms with Crippen LogP contribution in [-0.4, -0.2) is 34.7 Å². The zero-order valence-corrected chi connectivity index (χ0v) is 11.1. The molecule has 1 aromatic rings. The van der Waals surface area contributed by atoms with E-state index in [0.29, 0.717) is 25.1 Å². The van der Waals surface area contributed by atoms with Crippen molar-refractivity contribution >= 4 is 17.2 Å². The van der Waals surface area contributed by atoms with Crippen LogP contribution in [0.2, 0.25) is 0 Å². The molecule has 1 aliphatic rings. The Morgan fingerprint density at radius 3 is 3.17 bits per heavy atom. The van der Waals surface area contributed by atoms with E-state index in [4.69, 9.17) is 5.73 Å². The quantitative estimate of drug-likeness (QED) is 0.750.